The maximum atomic E-state index is 13.3. The molecule has 168 valence electrons. The van der Waals surface area contributed by atoms with E-state index in [1.807, 2.05) is 50.2 Å². The monoisotopic (exact) mass is 445 g/mol. The minimum Gasteiger partial charge on any atom is -0.357 e. The van der Waals surface area contributed by atoms with Crippen molar-refractivity contribution < 1.29 is 18.0 Å². The van der Waals surface area contributed by atoms with Crippen molar-refractivity contribution >= 4 is 27.5 Å². The number of likely N-dealkylation sites (N-methyl/N-ethyl adjacent to an activating group) is 1. The first-order valence-corrected chi connectivity index (χ1v) is 12.1. The van der Waals surface area contributed by atoms with Crippen LogP contribution in [-0.2, 0) is 32.6 Å². The number of hydrogen-bond acceptors (Lipinski definition) is 4. The molecule has 0 saturated carbocycles. The van der Waals surface area contributed by atoms with Gasteiger partial charge in [-0.15, -0.1) is 0 Å². The highest BCUT2D eigenvalue weighted by Gasteiger charge is 2.29. The number of sulfonamides is 1. The fourth-order valence-electron chi connectivity index (χ4n) is 3.27. The van der Waals surface area contributed by atoms with Crippen molar-refractivity contribution in [2.75, 3.05) is 24.2 Å². The van der Waals surface area contributed by atoms with Gasteiger partial charge in [0.1, 0.15) is 12.6 Å². The van der Waals surface area contributed by atoms with E-state index in [1.165, 1.54) is 11.9 Å². The summed E-state index contributed by atoms with van der Waals surface area (Å²) in [7, 11) is -2.21. The third-order valence-corrected chi connectivity index (χ3v) is 6.47. The van der Waals surface area contributed by atoms with Crippen LogP contribution in [0.15, 0.2) is 48.5 Å². The molecule has 0 heterocycles. The van der Waals surface area contributed by atoms with Gasteiger partial charge in [-0.25, -0.2) is 8.42 Å². The highest BCUT2D eigenvalue weighted by molar-refractivity contribution is 7.92. The van der Waals surface area contributed by atoms with Crippen molar-refractivity contribution in [3.05, 3.63) is 65.2 Å². The lowest BCUT2D eigenvalue weighted by Crippen LogP contribution is -2.50. The Bertz CT molecular complexity index is 1020. The van der Waals surface area contributed by atoms with Crippen molar-refractivity contribution in [2.24, 2.45) is 0 Å². The summed E-state index contributed by atoms with van der Waals surface area (Å²) in [6.45, 7) is 5.39. The van der Waals surface area contributed by atoms with Gasteiger partial charge < -0.3 is 10.2 Å². The molecule has 2 rings (SSSR count). The van der Waals surface area contributed by atoms with E-state index < -0.39 is 28.5 Å². The van der Waals surface area contributed by atoms with Crippen LogP contribution < -0.4 is 9.62 Å². The van der Waals surface area contributed by atoms with Crippen LogP contribution in [0.2, 0.25) is 0 Å². The minimum absolute atomic E-state index is 0.201. The normalized spacial score (nSPS) is 12.2. The Morgan fingerprint density at radius 2 is 1.68 bits per heavy atom. The largest absolute Gasteiger partial charge is 0.357 e. The molecule has 0 aromatic heterocycles. The maximum absolute atomic E-state index is 13.3. The molecule has 0 radical (unpaired) electrons. The maximum Gasteiger partial charge on any atom is 0.244 e. The average molecular weight is 446 g/mol. The van der Waals surface area contributed by atoms with E-state index in [2.05, 4.69) is 5.32 Å². The van der Waals surface area contributed by atoms with Gasteiger partial charge in [-0.3, -0.25) is 13.9 Å². The molecule has 1 N–H and O–H groups in total. The van der Waals surface area contributed by atoms with Gasteiger partial charge in [0.05, 0.1) is 11.9 Å². The van der Waals surface area contributed by atoms with E-state index in [9.17, 15) is 18.0 Å². The first-order valence-electron chi connectivity index (χ1n) is 10.2. The first kappa shape index (κ1) is 24.4. The molecule has 0 aliphatic heterocycles. The third-order valence-electron chi connectivity index (χ3n) is 5.33. The zero-order valence-corrected chi connectivity index (χ0v) is 19.6. The van der Waals surface area contributed by atoms with Gasteiger partial charge in [-0.05, 0) is 49.1 Å². The molecule has 1 unspecified atom stereocenters. The molecule has 8 heteroatoms. The van der Waals surface area contributed by atoms with Crippen molar-refractivity contribution in [1.29, 1.82) is 0 Å². The zero-order chi connectivity index (χ0) is 23.2. The molecule has 0 spiro atoms. The van der Waals surface area contributed by atoms with Gasteiger partial charge in [-0.1, -0.05) is 43.3 Å². The van der Waals surface area contributed by atoms with Gasteiger partial charge >= 0.3 is 0 Å². The van der Waals surface area contributed by atoms with E-state index in [-0.39, 0.29) is 12.5 Å². The Labute approximate surface area is 185 Å². The number of amides is 2. The highest BCUT2D eigenvalue weighted by atomic mass is 32.2. The van der Waals surface area contributed by atoms with Crippen LogP contribution in [0, 0.1) is 6.92 Å². The van der Waals surface area contributed by atoms with E-state index in [4.69, 9.17) is 0 Å². The predicted octanol–water partition coefficient (Wildman–Crippen LogP) is 2.49. The van der Waals surface area contributed by atoms with Gasteiger partial charge in [-0.2, -0.15) is 0 Å². The van der Waals surface area contributed by atoms with Crippen molar-refractivity contribution in [3.8, 4) is 0 Å². The number of carbonyl (C=O) groups is 2. The number of benzene rings is 2. The summed E-state index contributed by atoms with van der Waals surface area (Å²) in [4.78, 5) is 27.0. The number of hydrogen-bond donors (Lipinski definition) is 1. The number of aryl methyl sites for hydroxylation is 2. The molecule has 0 aliphatic carbocycles. The lowest BCUT2D eigenvalue weighted by molar-refractivity contribution is -0.139. The Morgan fingerprint density at radius 3 is 2.19 bits per heavy atom. The topological polar surface area (TPSA) is 86.8 Å². The van der Waals surface area contributed by atoms with E-state index in [1.54, 1.807) is 19.1 Å². The molecule has 0 fully saturated rings. The third kappa shape index (κ3) is 6.30. The number of carbonyl (C=O) groups excluding carboxylic acids is 2. The molecule has 1 atom stereocenters. The van der Waals surface area contributed by atoms with E-state index >= 15 is 0 Å². The van der Waals surface area contributed by atoms with Crippen molar-refractivity contribution in [1.82, 2.24) is 10.2 Å². The number of nitrogens with one attached hydrogen (secondary N) is 1. The summed E-state index contributed by atoms with van der Waals surface area (Å²) in [5.41, 5.74) is 3.36. The van der Waals surface area contributed by atoms with Gasteiger partial charge in [0, 0.05) is 13.6 Å². The molecule has 7 nitrogen and oxygen atoms in total. The minimum atomic E-state index is -3.71. The van der Waals surface area contributed by atoms with E-state index in [0.717, 1.165) is 33.7 Å². The summed E-state index contributed by atoms with van der Waals surface area (Å²) in [5.74, 6) is -0.774. The Kier molecular flexibility index (Phi) is 8.21. The predicted molar refractivity (Wildman–Crippen MR) is 123 cm³/mol. The standard InChI is InChI=1S/C23H31N3O4S/c1-6-19-11-13-21(14-12-19)26(31(5,29)30)16-22(27)25(18(3)23(28)24-4)15-20-10-8-7-9-17(20)2/h7-14,18H,6,15-16H2,1-5H3,(H,24,28). The molecular formula is C23H31N3O4S. The zero-order valence-electron chi connectivity index (χ0n) is 18.8. The van der Waals surface area contributed by atoms with Crippen LogP contribution in [0.25, 0.3) is 0 Å². The molecule has 0 saturated heterocycles. The SMILES string of the molecule is CCc1ccc(N(CC(=O)N(Cc2ccccc2C)C(C)C(=O)NC)S(C)(=O)=O)cc1. The second kappa shape index (κ2) is 10.4. The van der Waals surface area contributed by atoms with Crippen LogP contribution in [0.3, 0.4) is 0 Å². The number of nitrogens with zero attached hydrogens (tertiary/aromatic N) is 2. The van der Waals surface area contributed by atoms with Crippen LogP contribution in [0.1, 0.15) is 30.5 Å². The van der Waals surface area contributed by atoms with Gasteiger partial charge in [0.25, 0.3) is 0 Å². The van der Waals surface area contributed by atoms with Crippen LogP contribution >= 0.6 is 0 Å². The molecule has 0 bridgehead atoms. The molecular weight excluding hydrogens is 414 g/mol. The Morgan fingerprint density at radius 1 is 1.06 bits per heavy atom. The van der Waals surface area contributed by atoms with Crippen molar-refractivity contribution in [2.45, 2.75) is 39.8 Å². The first-order chi connectivity index (χ1) is 14.6. The molecule has 2 amide bonds. The fourth-order valence-corrected chi connectivity index (χ4v) is 4.12. The fraction of sp³-hybridized carbons (Fsp3) is 0.391. The average Bonchev–Trinajstić information content (AvgIpc) is 2.75. The Balaban J connectivity index is 2.38. The lowest BCUT2D eigenvalue weighted by Gasteiger charge is -2.31. The van der Waals surface area contributed by atoms with Gasteiger partial charge in [0.2, 0.25) is 21.8 Å². The summed E-state index contributed by atoms with van der Waals surface area (Å²) < 4.78 is 26.1. The Hall–Kier alpha value is -2.87. The van der Waals surface area contributed by atoms with Crippen LogP contribution in [0.5, 0.6) is 0 Å². The summed E-state index contributed by atoms with van der Waals surface area (Å²) >= 11 is 0. The molecule has 31 heavy (non-hydrogen) atoms. The summed E-state index contributed by atoms with van der Waals surface area (Å²) in [6, 6.07) is 13.9. The van der Waals surface area contributed by atoms with Crippen molar-refractivity contribution in [3.63, 3.8) is 0 Å². The van der Waals surface area contributed by atoms with E-state index in [0.29, 0.717) is 5.69 Å². The molecule has 2 aromatic rings. The molecule has 2 aromatic carbocycles. The highest BCUT2D eigenvalue weighted by Crippen LogP contribution is 2.20. The second-order valence-electron chi connectivity index (χ2n) is 7.53. The summed E-state index contributed by atoms with van der Waals surface area (Å²) in [5, 5.41) is 2.56. The summed E-state index contributed by atoms with van der Waals surface area (Å²) in [6.07, 6.45) is 1.90. The van der Waals surface area contributed by atoms with Crippen LogP contribution in [0.4, 0.5) is 5.69 Å². The molecule has 0 aliphatic rings. The number of anilines is 1. The second-order valence-corrected chi connectivity index (χ2v) is 9.43. The van der Waals surface area contributed by atoms with Crippen LogP contribution in [-0.4, -0.2) is 51.0 Å². The number of rotatable bonds is 9. The van der Waals surface area contributed by atoms with Gasteiger partial charge in [0.15, 0.2) is 0 Å². The lowest BCUT2D eigenvalue weighted by atomic mass is 10.1. The smallest absolute Gasteiger partial charge is 0.244 e. The quantitative estimate of drug-likeness (QED) is 0.642.